The summed E-state index contributed by atoms with van der Waals surface area (Å²) in [6.07, 6.45) is 1.11. The largest absolute Gasteiger partial charge is 0.598 e. The molecule has 1 aromatic rings. The first-order chi connectivity index (χ1) is 9.16. The van der Waals surface area contributed by atoms with Crippen LogP contribution < -0.4 is 9.46 Å². The molecular weight excluding hydrogens is 279 g/mol. The molecule has 0 aromatic carbocycles. The van der Waals surface area contributed by atoms with Crippen LogP contribution in [0.1, 0.15) is 46.2 Å². The minimum Gasteiger partial charge on any atom is -0.598 e. The lowest BCUT2D eigenvalue weighted by atomic mass is 9.98. The predicted octanol–water partition coefficient (Wildman–Crippen LogP) is 2.98. The number of halogens is 1. The number of rotatable bonds is 5. The van der Waals surface area contributed by atoms with Crippen molar-refractivity contribution in [3.63, 3.8) is 0 Å². The average molecular weight is 302 g/mol. The van der Waals surface area contributed by atoms with Crippen molar-refractivity contribution in [3.8, 4) is 5.88 Å². The van der Waals surface area contributed by atoms with E-state index in [0.717, 1.165) is 6.20 Å². The second kappa shape index (κ2) is 6.74. The Morgan fingerprint density at radius 1 is 1.40 bits per heavy atom. The van der Waals surface area contributed by atoms with Crippen LogP contribution >= 0.6 is 0 Å². The number of pyridine rings is 1. The highest BCUT2D eigenvalue weighted by atomic mass is 32.2. The van der Waals surface area contributed by atoms with E-state index in [1.807, 2.05) is 34.6 Å². The topological polar surface area (TPSA) is 57.2 Å². The highest BCUT2D eigenvalue weighted by molar-refractivity contribution is 7.90. The fraction of sp³-hybridized carbons (Fsp3) is 0.643. The molecule has 1 aromatic heterocycles. The molecule has 1 N–H and O–H groups in total. The molecular formula is C14H23FN2O2S. The Kier molecular flexibility index (Phi) is 5.79. The third kappa shape index (κ3) is 4.33. The molecule has 0 aliphatic heterocycles. The van der Waals surface area contributed by atoms with Crippen molar-refractivity contribution in [2.24, 2.45) is 5.92 Å². The van der Waals surface area contributed by atoms with Gasteiger partial charge < -0.3 is 9.29 Å². The number of aromatic nitrogens is 1. The summed E-state index contributed by atoms with van der Waals surface area (Å²) in [5.41, 5.74) is 0.583. The van der Waals surface area contributed by atoms with Gasteiger partial charge in [-0.25, -0.2) is 9.37 Å². The highest BCUT2D eigenvalue weighted by Crippen LogP contribution is 2.31. The summed E-state index contributed by atoms with van der Waals surface area (Å²) in [7, 11) is 1.49. The summed E-state index contributed by atoms with van der Waals surface area (Å²) >= 11 is -1.26. The normalized spacial score (nSPS) is 15.2. The molecule has 0 radical (unpaired) electrons. The van der Waals surface area contributed by atoms with Crippen LogP contribution in [0.25, 0.3) is 0 Å². The lowest BCUT2D eigenvalue weighted by molar-refractivity contribution is 0.370. The molecule has 20 heavy (non-hydrogen) atoms. The maximum absolute atomic E-state index is 13.5. The van der Waals surface area contributed by atoms with Crippen LogP contribution in [0.4, 0.5) is 4.39 Å². The van der Waals surface area contributed by atoms with Gasteiger partial charge in [-0.15, -0.1) is 4.72 Å². The van der Waals surface area contributed by atoms with Crippen LogP contribution in [0.15, 0.2) is 12.3 Å². The fourth-order valence-corrected chi connectivity index (χ4v) is 2.67. The summed E-state index contributed by atoms with van der Waals surface area (Å²) in [6, 6.07) is 1.08. The standard InChI is InChI=1S/C14H23FN2O2S/c1-9(2)12(17-20(18)14(3,4)5)11-7-10(15)8-16-13(11)19-6/h7-9,12,17H,1-6H3. The summed E-state index contributed by atoms with van der Waals surface area (Å²) in [6.45, 7) is 9.60. The smallest absolute Gasteiger partial charge is 0.218 e. The maximum Gasteiger partial charge on any atom is 0.218 e. The molecule has 1 heterocycles. The van der Waals surface area contributed by atoms with Crippen LogP contribution in [0, 0.1) is 11.7 Å². The van der Waals surface area contributed by atoms with E-state index in [1.165, 1.54) is 13.2 Å². The van der Waals surface area contributed by atoms with E-state index in [4.69, 9.17) is 4.74 Å². The van der Waals surface area contributed by atoms with Crippen molar-refractivity contribution in [1.82, 2.24) is 9.71 Å². The molecule has 2 atom stereocenters. The van der Waals surface area contributed by atoms with Crippen molar-refractivity contribution in [2.45, 2.75) is 45.4 Å². The zero-order valence-electron chi connectivity index (χ0n) is 12.9. The lowest BCUT2D eigenvalue weighted by Crippen LogP contribution is -2.42. The van der Waals surface area contributed by atoms with Gasteiger partial charge >= 0.3 is 0 Å². The molecule has 0 aliphatic carbocycles. The third-order valence-electron chi connectivity index (χ3n) is 2.83. The zero-order valence-corrected chi connectivity index (χ0v) is 13.7. The van der Waals surface area contributed by atoms with Crippen molar-refractivity contribution >= 4 is 11.4 Å². The predicted molar refractivity (Wildman–Crippen MR) is 79.4 cm³/mol. The van der Waals surface area contributed by atoms with Crippen LogP contribution in [0.3, 0.4) is 0 Å². The summed E-state index contributed by atoms with van der Waals surface area (Å²) in [5, 5.41) is 0. The SMILES string of the molecule is COc1ncc(F)cc1C(N[S+]([O-])C(C)(C)C)C(C)C. The first kappa shape index (κ1) is 17.2. The van der Waals surface area contributed by atoms with Gasteiger partial charge in [0.2, 0.25) is 5.88 Å². The summed E-state index contributed by atoms with van der Waals surface area (Å²) < 4.78 is 33.6. The van der Waals surface area contributed by atoms with Crippen molar-refractivity contribution in [3.05, 3.63) is 23.6 Å². The first-order valence-corrected chi connectivity index (χ1v) is 7.69. The van der Waals surface area contributed by atoms with Crippen LogP contribution in [-0.2, 0) is 11.4 Å². The third-order valence-corrected chi connectivity index (χ3v) is 4.41. The monoisotopic (exact) mass is 302 g/mol. The van der Waals surface area contributed by atoms with Crippen molar-refractivity contribution in [1.29, 1.82) is 0 Å². The molecule has 0 aliphatic rings. The molecule has 0 bridgehead atoms. The molecule has 4 nitrogen and oxygen atoms in total. The Hall–Kier alpha value is -0.850. The minimum absolute atomic E-state index is 0.110. The molecule has 2 unspecified atom stereocenters. The molecule has 0 amide bonds. The van der Waals surface area contributed by atoms with Gasteiger partial charge in [0.25, 0.3) is 0 Å². The van der Waals surface area contributed by atoms with Gasteiger partial charge in [-0.05, 0) is 32.8 Å². The van der Waals surface area contributed by atoms with Gasteiger partial charge in [-0.1, -0.05) is 13.8 Å². The molecule has 0 saturated heterocycles. The van der Waals surface area contributed by atoms with Gasteiger partial charge in [0, 0.05) is 16.9 Å². The number of nitrogens with one attached hydrogen (secondary N) is 1. The molecule has 0 saturated carbocycles. The number of hydrogen-bond acceptors (Lipinski definition) is 4. The van der Waals surface area contributed by atoms with E-state index in [0.29, 0.717) is 11.4 Å². The van der Waals surface area contributed by atoms with E-state index in [2.05, 4.69) is 9.71 Å². The van der Waals surface area contributed by atoms with E-state index in [9.17, 15) is 8.94 Å². The second-order valence-electron chi connectivity index (χ2n) is 5.97. The Bertz CT molecular complexity index is 449. The zero-order chi connectivity index (χ0) is 15.5. The number of hydrogen-bond donors (Lipinski definition) is 1. The highest BCUT2D eigenvalue weighted by Gasteiger charge is 2.32. The van der Waals surface area contributed by atoms with Crippen LogP contribution in [0.5, 0.6) is 5.88 Å². The van der Waals surface area contributed by atoms with Crippen LogP contribution in [-0.4, -0.2) is 21.4 Å². The summed E-state index contributed by atoms with van der Waals surface area (Å²) in [4.78, 5) is 3.93. The molecule has 6 heteroatoms. The van der Waals surface area contributed by atoms with Gasteiger partial charge in [0.15, 0.2) is 0 Å². The Morgan fingerprint density at radius 2 is 2.00 bits per heavy atom. The fourth-order valence-electron chi connectivity index (χ4n) is 1.69. The summed E-state index contributed by atoms with van der Waals surface area (Å²) in [5.74, 6) is 0.0251. The van der Waals surface area contributed by atoms with Gasteiger partial charge in [0.1, 0.15) is 10.6 Å². The molecule has 0 spiro atoms. The molecule has 0 fully saturated rings. The van der Waals surface area contributed by atoms with E-state index in [-0.39, 0.29) is 12.0 Å². The lowest BCUT2D eigenvalue weighted by Gasteiger charge is -2.30. The first-order valence-electron chi connectivity index (χ1n) is 6.54. The second-order valence-corrected chi connectivity index (χ2v) is 7.97. The average Bonchev–Trinajstić information content (AvgIpc) is 2.33. The maximum atomic E-state index is 13.5. The van der Waals surface area contributed by atoms with E-state index >= 15 is 0 Å². The van der Waals surface area contributed by atoms with Crippen molar-refractivity contribution < 1.29 is 13.7 Å². The Labute approximate surface area is 123 Å². The van der Waals surface area contributed by atoms with Gasteiger partial charge in [-0.2, -0.15) is 0 Å². The van der Waals surface area contributed by atoms with Crippen molar-refractivity contribution in [2.75, 3.05) is 7.11 Å². The minimum atomic E-state index is -1.26. The number of ether oxygens (including phenoxy) is 1. The number of methoxy groups -OCH3 is 1. The van der Waals surface area contributed by atoms with Gasteiger partial charge in [-0.3, -0.25) is 0 Å². The Balaban J connectivity index is 3.11. The van der Waals surface area contributed by atoms with Crippen LogP contribution in [0.2, 0.25) is 0 Å². The number of nitrogens with zero attached hydrogens (tertiary/aromatic N) is 1. The quantitative estimate of drug-likeness (QED) is 0.850. The van der Waals surface area contributed by atoms with Gasteiger partial charge in [0.05, 0.1) is 19.3 Å². The van der Waals surface area contributed by atoms with E-state index in [1.54, 1.807) is 0 Å². The van der Waals surface area contributed by atoms with E-state index < -0.39 is 21.9 Å². The Morgan fingerprint density at radius 3 is 2.45 bits per heavy atom. The molecule has 1 rings (SSSR count). The molecule has 114 valence electrons.